The first kappa shape index (κ1) is 21.7. The number of pyridine rings is 1. The summed E-state index contributed by atoms with van der Waals surface area (Å²) in [6, 6.07) is 5.10. The summed E-state index contributed by atoms with van der Waals surface area (Å²) in [5, 5.41) is 0.735. The Morgan fingerprint density at radius 1 is 1.26 bits per heavy atom. The molecule has 0 unspecified atom stereocenters. The second-order valence-electron chi connectivity index (χ2n) is 7.26. The topological polar surface area (TPSA) is 84.2 Å². The molecule has 1 aliphatic rings. The summed E-state index contributed by atoms with van der Waals surface area (Å²) in [6.45, 7) is 0.739. The summed E-state index contributed by atoms with van der Waals surface area (Å²) in [5.41, 5.74) is 7.00. The number of benzene rings is 1. The predicted molar refractivity (Wildman–Crippen MR) is 114 cm³/mol. The van der Waals surface area contributed by atoms with Crippen LogP contribution in [0.15, 0.2) is 30.5 Å². The molecule has 1 fully saturated rings. The SMILES string of the molecule is Nc1cc(OC(F)(F)F)ccc1C(=O)N1CCC(c2c(F)cnc3[nH]c(I)cc23)CC1. The van der Waals surface area contributed by atoms with Gasteiger partial charge in [0.2, 0.25) is 0 Å². The molecule has 3 heterocycles. The lowest BCUT2D eigenvalue weighted by atomic mass is 9.87. The van der Waals surface area contributed by atoms with E-state index in [1.165, 1.54) is 12.3 Å². The summed E-state index contributed by atoms with van der Waals surface area (Å²) < 4.78 is 56.3. The van der Waals surface area contributed by atoms with Gasteiger partial charge < -0.3 is 20.4 Å². The highest BCUT2D eigenvalue weighted by Crippen LogP contribution is 2.35. The second kappa shape index (κ2) is 8.17. The lowest BCUT2D eigenvalue weighted by Crippen LogP contribution is -2.38. The van der Waals surface area contributed by atoms with Gasteiger partial charge in [0.05, 0.1) is 15.5 Å². The number of nitrogens with zero attached hydrogens (tertiary/aromatic N) is 2. The first-order valence-corrected chi connectivity index (χ1v) is 10.5. The third-order valence-corrected chi connectivity index (χ3v) is 5.88. The minimum absolute atomic E-state index is 0.0824. The fourth-order valence-corrected chi connectivity index (χ4v) is 4.49. The second-order valence-corrected chi connectivity index (χ2v) is 8.42. The van der Waals surface area contributed by atoms with E-state index in [1.54, 1.807) is 4.90 Å². The van der Waals surface area contributed by atoms with E-state index in [4.69, 9.17) is 5.73 Å². The molecular formula is C20H17F4IN4O2. The van der Waals surface area contributed by atoms with Crippen LogP contribution >= 0.6 is 22.6 Å². The average Bonchev–Trinajstić information content (AvgIpc) is 3.07. The van der Waals surface area contributed by atoms with Gasteiger partial charge in [-0.05, 0) is 59.5 Å². The molecule has 0 aliphatic carbocycles. The van der Waals surface area contributed by atoms with Gasteiger partial charge in [-0.15, -0.1) is 13.2 Å². The van der Waals surface area contributed by atoms with Crippen molar-refractivity contribution in [3.63, 3.8) is 0 Å². The molecule has 0 atom stereocenters. The van der Waals surface area contributed by atoms with Crippen molar-refractivity contribution < 1.29 is 27.1 Å². The molecule has 2 aromatic heterocycles. The number of amides is 1. The number of fused-ring (bicyclic) bond motifs is 1. The number of anilines is 1. The van der Waals surface area contributed by atoms with E-state index in [9.17, 15) is 22.4 Å². The number of aromatic amines is 1. The van der Waals surface area contributed by atoms with Crippen LogP contribution in [0.1, 0.15) is 34.7 Å². The normalized spacial score (nSPS) is 15.5. The molecule has 1 aliphatic heterocycles. The monoisotopic (exact) mass is 548 g/mol. The third kappa shape index (κ3) is 4.55. The van der Waals surface area contributed by atoms with Crippen molar-refractivity contribution in [2.24, 2.45) is 0 Å². The number of piperidine rings is 1. The van der Waals surface area contributed by atoms with Crippen LogP contribution in [0.5, 0.6) is 5.75 Å². The van der Waals surface area contributed by atoms with Crippen molar-refractivity contribution >= 4 is 45.2 Å². The number of likely N-dealkylation sites (tertiary alicyclic amines) is 1. The van der Waals surface area contributed by atoms with E-state index in [0.29, 0.717) is 37.1 Å². The molecule has 6 nitrogen and oxygen atoms in total. The van der Waals surface area contributed by atoms with Crippen LogP contribution in [0.3, 0.4) is 0 Å². The van der Waals surface area contributed by atoms with Gasteiger partial charge in [-0.25, -0.2) is 9.37 Å². The minimum Gasteiger partial charge on any atom is -0.406 e. The number of hydrogen-bond acceptors (Lipinski definition) is 4. The molecule has 3 N–H and O–H groups in total. The van der Waals surface area contributed by atoms with Crippen molar-refractivity contribution in [3.8, 4) is 5.75 Å². The Bertz CT molecular complexity index is 1140. The molecule has 4 rings (SSSR count). The molecular weight excluding hydrogens is 531 g/mol. The highest BCUT2D eigenvalue weighted by Gasteiger charge is 2.32. The highest BCUT2D eigenvalue weighted by atomic mass is 127. The molecule has 1 aromatic carbocycles. The van der Waals surface area contributed by atoms with Crippen LogP contribution in [-0.4, -0.2) is 40.2 Å². The molecule has 31 heavy (non-hydrogen) atoms. The van der Waals surface area contributed by atoms with Crippen LogP contribution < -0.4 is 10.5 Å². The Hall–Kier alpha value is -2.57. The summed E-state index contributed by atoms with van der Waals surface area (Å²) in [6.07, 6.45) is -2.56. The van der Waals surface area contributed by atoms with Crippen molar-refractivity contribution in [1.82, 2.24) is 14.9 Å². The highest BCUT2D eigenvalue weighted by molar-refractivity contribution is 14.1. The van der Waals surface area contributed by atoms with Crippen molar-refractivity contribution in [2.75, 3.05) is 18.8 Å². The number of carbonyl (C=O) groups is 1. The Kier molecular flexibility index (Phi) is 5.71. The van der Waals surface area contributed by atoms with Crippen LogP contribution in [-0.2, 0) is 0 Å². The largest absolute Gasteiger partial charge is 0.573 e. The van der Waals surface area contributed by atoms with Crippen LogP contribution in [0.4, 0.5) is 23.2 Å². The Morgan fingerprint density at radius 2 is 1.97 bits per heavy atom. The van der Waals surface area contributed by atoms with Crippen LogP contribution in [0, 0.1) is 9.52 Å². The summed E-state index contributed by atoms with van der Waals surface area (Å²) in [5.74, 6) is -1.33. The number of aromatic nitrogens is 2. The van der Waals surface area contributed by atoms with Gasteiger partial charge in [0.25, 0.3) is 5.91 Å². The van der Waals surface area contributed by atoms with E-state index < -0.39 is 12.1 Å². The number of hydrogen-bond donors (Lipinski definition) is 2. The Morgan fingerprint density at radius 3 is 2.61 bits per heavy atom. The maximum Gasteiger partial charge on any atom is 0.573 e. The molecule has 0 bridgehead atoms. The Balaban J connectivity index is 1.48. The number of carbonyl (C=O) groups excluding carboxylic acids is 1. The number of H-pyrrole nitrogens is 1. The van der Waals surface area contributed by atoms with Crippen LogP contribution in [0.25, 0.3) is 11.0 Å². The average molecular weight is 548 g/mol. The van der Waals surface area contributed by atoms with E-state index in [-0.39, 0.29) is 28.9 Å². The van der Waals surface area contributed by atoms with E-state index in [2.05, 4.69) is 37.3 Å². The standard InChI is InChI=1S/C20H17F4IN4O2/c21-14-9-27-18-13(8-16(25)28-18)17(14)10-3-5-29(6-4-10)19(30)12-2-1-11(7-15(12)26)31-20(22,23)24/h1-2,7-10H,3-6,26H2,(H,27,28). The number of alkyl halides is 3. The molecule has 1 amide bonds. The minimum atomic E-state index is -4.84. The lowest BCUT2D eigenvalue weighted by molar-refractivity contribution is -0.274. The quantitative estimate of drug-likeness (QED) is 0.280. The van der Waals surface area contributed by atoms with Crippen molar-refractivity contribution in [2.45, 2.75) is 25.1 Å². The maximum atomic E-state index is 14.6. The summed E-state index contributed by atoms with van der Waals surface area (Å²) in [7, 11) is 0. The maximum absolute atomic E-state index is 14.6. The van der Waals surface area contributed by atoms with E-state index in [1.807, 2.05) is 6.07 Å². The van der Waals surface area contributed by atoms with Crippen LogP contribution in [0.2, 0.25) is 0 Å². The Labute approximate surface area is 187 Å². The van der Waals surface area contributed by atoms with Gasteiger partial charge in [0.15, 0.2) is 0 Å². The summed E-state index contributed by atoms with van der Waals surface area (Å²) in [4.78, 5) is 21.6. The molecule has 0 spiro atoms. The molecule has 3 aromatic rings. The zero-order chi connectivity index (χ0) is 22.3. The van der Waals surface area contributed by atoms with Gasteiger partial charge in [0, 0.05) is 35.8 Å². The van der Waals surface area contributed by atoms with E-state index >= 15 is 0 Å². The number of nitrogen functional groups attached to an aromatic ring is 1. The molecule has 11 heteroatoms. The molecule has 0 radical (unpaired) electrons. The first-order valence-electron chi connectivity index (χ1n) is 9.39. The smallest absolute Gasteiger partial charge is 0.406 e. The number of nitrogens with two attached hydrogens (primary N) is 1. The fourth-order valence-electron chi connectivity index (χ4n) is 3.93. The number of rotatable bonds is 3. The van der Waals surface area contributed by atoms with Gasteiger partial charge in [-0.1, -0.05) is 0 Å². The number of nitrogens with one attached hydrogen (secondary N) is 1. The third-order valence-electron chi connectivity index (χ3n) is 5.30. The van der Waals surface area contributed by atoms with Gasteiger partial charge in [-0.3, -0.25) is 4.79 Å². The van der Waals surface area contributed by atoms with Crippen molar-refractivity contribution in [1.29, 1.82) is 0 Å². The van der Waals surface area contributed by atoms with Gasteiger partial charge in [-0.2, -0.15) is 0 Å². The van der Waals surface area contributed by atoms with Gasteiger partial charge in [0.1, 0.15) is 17.2 Å². The molecule has 164 valence electrons. The first-order chi connectivity index (χ1) is 14.6. The summed E-state index contributed by atoms with van der Waals surface area (Å²) >= 11 is 2.11. The molecule has 0 saturated carbocycles. The number of halogens is 5. The number of ether oxygens (including phenoxy) is 1. The van der Waals surface area contributed by atoms with Gasteiger partial charge >= 0.3 is 6.36 Å². The zero-order valence-corrected chi connectivity index (χ0v) is 18.1. The van der Waals surface area contributed by atoms with E-state index in [0.717, 1.165) is 21.2 Å². The predicted octanol–water partition coefficient (Wildman–Crippen LogP) is 4.81. The molecule has 1 saturated heterocycles. The lowest BCUT2D eigenvalue weighted by Gasteiger charge is -2.33. The zero-order valence-electron chi connectivity index (χ0n) is 16.0. The fraction of sp³-hybridized carbons (Fsp3) is 0.300. The van der Waals surface area contributed by atoms with Crippen molar-refractivity contribution in [3.05, 3.63) is 51.1 Å².